The molecule has 1 rings (SSSR count). The summed E-state index contributed by atoms with van der Waals surface area (Å²) in [5, 5.41) is 0. The second-order valence-electron chi connectivity index (χ2n) is 3.34. The minimum absolute atomic E-state index is 0.121. The van der Waals surface area contributed by atoms with Crippen molar-refractivity contribution < 1.29 is 4.79 Å². The predicted octanol–water partition coefficient (Wildman–Crippen LogP) is 3.57. The fraction of sp³-hybridized carbons (Fsp3) is 0.250. The first-order valence-electron chi connectivity index (χ1n) is 4.84. The number of benzene rings is 1. The van der Waals surface area contributed by atoms with Crippen molar-refractivity contribution in [3.8, 4) is 0 Å². The highest BCUT2D eigenvalue weighted by Gasteiger charge is 2.09. The van der Waals surface area contributed by atoms with Gasteiger partial charge in [-0.2, -0.15) is 0 Å². The zero-order valence-electron chi connectivity index (χ0n) is 8.50. The van der Waals surface area contributed by atoms with Crippen LogP contribution in [0.15, 0.2) is 35.3 Å². The molecule has 0 aliphatic heterocycles. The smallest absolute Gasteiger partial charge is 0.164 e. The number of hydrogen-bond donors (Lipinski definition) is 1. The molecule has 0 heterocycles. The maximum atomic E-state index is 11.8. The van der Waals surface area contributed by atoms with Crippen molar-refractivity contribution in [2.24, 2.45) is 0 Å². The first-order valence-corrected chi connectivity index (χ1v) is 5.63. The second-order valence-corrected chi connectivity index (χ2v) is 4.20. The predicted molar refractivity (Wildman–Crippen MR) is 66.9 cm³/mol. The monoisotopic (exact) mass is 267 g/mol. The standard InChI is InChI=1S/C12H14BrNO/c1-2-3-4-5-12(15)10-8-9(14)6-7-11(10)13/h2,6-8H,1,3-5,14H2. The van der Waals surface area contributed by atoms with E-state index in [4.69, 9.17) is 5.73 Å². The van der Waals surface area contributed by atoms with Crippen molar-refractivity contribution in [2.45, 2.75) is 19.3 Å². The van der Waals surface area contributed by atoms with E-state index in [0.717, 1.165) is 17.3 Å². The zero-order valence-corrected chi connectivity index (χ0v) is 10.1. The van der Waals surface area contributed by atoms with Crippen LogP contribution >= 0.6 is 15.9 Å². The van der Waals surface area contributed by atoms with Gasteiger partial charge in [-0.1, -0.05) is 22.0 Å². The Kier molecular flexibility index (Phi) is 4.56. The van der Waals surface area contributed by atoms with E-state index in [9.17, 15) is 4.79 Å². The van der Waals surface area contributed by atoms with Gasteiger partial charge in [-0.3, -0.25) is 4.79 Å². The average molecular weight is 268 g/mol. The summed E-state index contributed by atoms with van der Waals surface area (Å²) in [4.78, 5) is 11.8. The molecule has 0 aromatic heterocycles. The van der Waals surface area contributed by atoms with Crippen LogP contribution in [0.5, 0.6) is 0 Å². The number of nitrogen functional groups attached to an aromatic ring is 1. The van der Waals surface area contributed by atoms with Gasteiger partial charge in [0, 0.05) is 22.1 Å². The molecule has 0 bridgehead atoms. The molecule has 0 aliphatic rings. The van der Waals surface area contributed by atoms with Crippen LogP contribution < -0.4 is 5.73 Å². The maximum Gasteiger partial charge on any atom is 0.164 e. The lowest BCUT2D eigenvalue weighted by Crippen LogP contribution is -2.01. The van der Waals surface area contributed by atoms with E-state index in [1.54, 1.807) is 18.2 Å². The van der Waals surface area contributed by atoms with Crippen LogP contribution in [0.25, 0.3) is 0 Å². The van der Waals surface area contributed by atoms with E-state index in [0.29, 0.717) is 17.7 Å². The number of hydrogen-bond acceptors (Lipinski definition) is 2. The fourth-order valence-corrected chi connectivity index (χ4v) is 1.77. The average Bonchev–Trinajstić information content (AvgIpc) is 2.22. The first-order chi connectivity index (χ1) is 7.15. The quantitative estimate of drug-likeness (QED) is 0.384. The molecule has 1 aromatic carbocycles. The van der Waals surface area contributed by atoms with Crippen molar-refractivity contribution in [3.05, 3.63) is 40.9 Å². The number of Topliss-reactive ketones (excluding diaryl/α,β-unsaturated/α-hetero) is 1. The third-order valence-corrected chi connectivity index (χ3v) is 2.79. The topological polar surface area (TPSA) is 43.1 Å². The number of rotatable bonds is 5. The number of anilines is 1. The molecule has 0 fully saturated rings. The molecule has 0 unspecified atom stereocenters. The van der Waals surface area contributed by atoms with Crippen molar-refractivity contribution >= 4 is 27.4 Å². The Morgan fingerprint density at radius 1 is 1.53 bits per heavy atom. The van der Waals surface area contributed by atoms with Crippen LogP contribution in [0.4, 0.5) is 5.69 Å². The van der Waals surface area contributed by atoms with Gasteiger partial charge in [0.15, 0.2) is 5.78 Å². The van der Waals surface area contributed by atoms with Crippen molar-refractivity contribution in [1.29, 1.82) is 0 Å². The van der Waals surface area contributed by atoms with Crippen LogP contribution in [0.1, 0.15) is 29.6 Å². The van der Waals surface area contributed by atoms with Gasteiger partial charge in [0.1, 0.15) is 0 Å². The van der Waals surface area contributed by atoms with E-state index >= 15 is 0 Å². The maximum absolute atomic E-state index is 11.8. The number of unbranched alkanes of at least 4 members (excludes halogenated alkanes) is 1. The van der Waals surface area contributed by atoms with Gasteiger partial charge in [-0.15, -0.1) is 6.58 Å². The summed E-state index contributed by atoms with van der Waals surface area (Å²) in [7, 11) is 0. The van der Waals surface area contributed by atoms with Crippen LogP contribution in [0.3, 0.4) is 0 Å². The van der Waals surface area contributed by atoms with Crippen LogP contribution in [-0.4, -0.2) is 5.78 Å². The second kappa shape index (κ2) is 5.71. The third kappa shape index (κ3) is 3.51. The third-order valence-electron chi connectivity index (χ3n) is 2.10. The SMILES string of the molecule is C=CCCCC(=O)c1cc(N)ccc1Br. The summed E-state index contributed by atoms with van der Waals surface area (Å²) < 4.78 is 0.806. The summed E-state index contributed by atoms with van der Waals surface area (Å²) >= 11 is 3.34. The fourth-order valence-electron chi connectivity index (χ4n) is 1.30. The lowest BCUT2D eigenvalue weighted by atomic mass is 10.1. The highest BCUT2D eigenvalue weighted by atomic mass is 79.9. The Balaban J connectivity index is 2.72. The molecule has 15 heavy (non-hydrogen) atoms. The van der Waals surface area contributed by atoms with Crippen molar-refractivity contribution in [1.82, 2.24) is 0 Å². The molecular weight excluding hydrogens is 254 g/mol. The summed E-state index contributed by atoms with van der Waals surface area (Å²) in [6.45, 7) is 3.62. The molecule has 0 saturated heterocycles. The highest BCUT2D eigenvalue weighted by Crippen LogP contribution is 2.21. The van der Waals surface area contributed by atoms with Gasteiger partial charge in [0.05, 0.1) is 0 Å². The number of allylic oxidation sites excluding steroid dienone is 1. The summed E-state index contributed by atoms with van der Waals surface area (Å²) in [5.74, 6) is 0.121. The van der Waals surface area contributed by atoms with E-state index < -0.39 is 0 Å². The summed E-state index contributed by atoms with van der Waals surface area (Å²) in [5.41, 5.74) is 6.91. The van der Waals surface area contributed by atoms with E-state index in [2.05, 4.69) is 22.5 Å². The van der Waals surface area contributed by atoms with Gasteiger partial charge in [-0.05, 0) is 31.0 Å². The van der Waals surface area contributed by atoms with Gasteiger partial charge in [-0.25, -0.2) is 0 Å². The Hall–Kier alpha value is -1.09. The van der Waals surface area contributed by atoms with E-state index in [1.165, 1.54) is 0 Å². The molecule has 0 saturated carbocycles. The number of halogens is 1. The molecule has 0 aliphatic carbocycles. The number of carbonyl (C=O) groups is 1. The van der Waals surface area contributed by atoms with Gasteiger partial charge in [0.25, 0.3) is 0 Å². The lowest BCUT2D eigenvalue weighted by Gasteiger charge is -2.04. The zero-order chi connectivity index (χ0) is 11.3. The van der Waals surface area contributed by atoms with Crippen LogP contribution in [0, 0.1) is 0 Å². The molecule has 0 atom stereocenters. The molecular formula is C12H14BrNO. The van der Waals surface area contributed by atoms with Gasteiger partial charge in [0.2, 0.25) is 0 Å². The molecule has 80 valence electrons. The molecule has 3 heteroatoms. The molecule has 0 amide bonds. The number of ketones is 1. The molecule has 2 N–H and O–H groups in total. The van der Waals surface area contributed by atoms with Crippen molar-refractivity contribution in [2.75, 3.05) is 5.73 Å². The highest BCUT2D eigenvalue weighted by molar-refractivity contribution is 9.10. The molecule has 0 radical (unpaired) electrons. The van der Waals surface area contributed by atoms with Gasteiger partial charge < -0.3 is 5.73 Å². The molecule has 1 aromatic rings. The molecule has 0 spiro atoms. The van der Waals surface area contributed by atoms with Crippen LogP contribution in [-0.2, 0) is 0 Å². The minimum atomic E-state index is 0.121. The van der Waals surface area contributed by atoms with E-state index in [1.807, 2.05) is 6.08 Å². The first kappa shape index (κ1) is 12.0. The Labute approximate surface area is 98.3 Å². The normalized spacial score (nSPS) is 9.93. The number of nitrogens with two attached hydrogens (primary N) is 1. The van der Waals surface area contributed by atoms with Gasteiger partial charge >= 0.3 is 0 Å². The Morgan fingerprint density at radius 2 is 2.27 bits per heavy atom. The Morgan fingerprint density at radius 3 is 2.93 bits per heavy atom. The molecule has 2 nitrogen and oxygen atoms in total. The van der Waals surface area contributed by atoms with E-state index in [-0.39, 0.29) is 5.78 Å². The summed E-state index contributed by atoms with van der Waals surface area (Å²) in [6.07, 6.45) is 4.06. The van der Waals surface area contributed by atoms with Crippen molar-refractivity contribution in [3.63, 3.8) is 0 Å². The number of carbonyl (C=O) groups excluding carboxylic acids is 1. The largest absolute Gasteiger partial charge is 0.399 e. The minimum Gasteiger partial charge on any atom is -0.399 e. The lowest BCUT2D eigenvalue weighted by molar-refractivity contribution is 0.0979. The van der Waals surface area contributed by atoms with Crippen LogP contribution in [0.2, 0.25) is 0 Å². The summed E-state index contributed by atoms with van der Waals surface area (Å²) in [6, 6.07) is 5.28. The Bertz CT molecular complexity index is 374.